The third-order valence-corrected chi connectivity index (χ3v) is 6.20. The fraction of sp³-hybridized carbons (Fsp3) is 0.462. The molecular formula is C13H15Cl2NO4S. The van der Waals surface area contributed by atoms with Crippen LogP contribution in [0.15, 0.2) is 23.1 Å². The Balaban J connectivity index is 2.11. The molecule has 8 heteroatoms. The Kier molecular flexibility index (Phi) is 5.14. The molecule has 2 rings (SSSR count). The summed E-state index contributed by atoms with van der Waals surface area (Å²) in [6.07, 6.45) is 1.18. The largest absolute Gasteiger partial charge is 0.481 e. The van der Waals surface area contributed by atoms with Gasteiger partial charge in [0.25, 0.3) is 0 Å². The van der Waals surface area contributed by atoms with Gasteiger partial charge < -0.3 is 5.11 Å². The van der Waals surface area contributed by atoms with Gasteiger partial charge in [-0.1, -0.05) is 23.2 Å². The van der Waals surface area contributed by atoms with Gasteiger partial charge in [-0.15, -0.1) is 0 Å². The van der Waals surface area contributed by atoms with Crippen LogP contribution >= 0.6 is 23.2 Å². The lowest BCUT2D eigenvalue weighted by atomic mass is 9.95. The summed E-state index contributed by atoms with van der Waals surface area (Å²) in [6, 6.07) is 4.21. The van der Waals surface area contributed by atoms with Gasteiger partial charge >= 0.3 is 5.97 Å². The zero-order valence-corrected chi connectivity index (χ0v) is 13.5. The number of carboxylic acids is 1. The molecule has 1 fully saturated rings. The number of carbonyl (C=O) groups is 1. The van der Waals surface area contributed by atoms with E-state index in [1.807, 2.05) is 0 Å². The Labute approximate surface area is 133 Å². The standard InChI is InChI=1S/C13H15Cl2NO4S/c14-11-2-1-10(8-12(11)15)21(19,20)16-5-3-9(4-6-16)7-13(17)18/h1-2,8-9H,3-7H2,(H,17,18). The van der Waals surface area contributed by atoms with Crippen molar-refractivity contribution in [1.82, 2.24) is 4.31 Å². The van der Waals surface area contributed by atoms with E-state index in [1.165, 1.54) is 22.5 Å². The van der Waals surface area contributed by atoms with E-state index in [2.05, 4.69) is 0 Å². The maximum absolute atomic E-state index is 12.5. The van der Waals surface area contributed by atoms with E-state index in [4.69, 9.17) is 28.3 Å². The first-order valence-corrected chi connectivity index (χ1v) is 8.67. The number of hydrogen-bond acceptors (Lipinski definition) is 3. The lowest BCUT2D eigenvalue weighted by molar-refractivity contribution is -0.138. The summed E-state index contributed by atoms with van der Waals surface area (Å²) >= 11 is 11.6. The van der Waals surface area contributed by atoms with Gasteiger partial charge in [0.2, 0.25) is 10.0 Å². The second-order valence-electron chi connectivity index (χ2n) is 5.02. The van der Waals surface area contributed by atoms with Crippen LogP contribution in [0.3, 0.4) is 0 Å². The van der Waals surface area contributed by atoms with Crippen molar-refractivity contribution in [3.63, 3.8) is 0 Å². The number of piperidine rings is 1. The SMILES string of the molecule is O=C(O)CC1CCN(S(=O)(=O)c2ccc(Cl)c(Cl)c2)CC1. The highest BCUT2D eigenvalue weighted by Gasteiger charge is 2.30. The average Bonchev–Trinajstić information content (AvgIpc) is 2.41. The smallest absolute Gasteiger partial charge is 0.303 e. The molecule has 0 saturated carbocycles. The van der Waals surface area contributed by atoms with E-state index in [0.717, 1.165) is 0 Å². The summed E-state index contributed by atoms with van der Waals surface area (Å²) in [6.45, 7) is 0.640. The molecule has 0 radical (unpaired) electrons. The molecule has 1 aromatic carbocycles. The molecule has 0 unspecified atom stereocenters. The van der Waals surface area contributed by atoms with E-state index in [-0.39, 0.29) is 22.3 Å². The monoisotopic (exact) mass is 351 g/mol. The van der Waals surface area contributed by atoms with E-state index >= 15 is 0 Å². The fourth-order valence-electron chi connectivity index (χ4n) is 2.39. The molecular weight excluding hydrogens is 337 g/mol. The summed E-state index contributed by atoms with van der Waals surface area (Å²) in [5.41, 5.74) is 0. The molecule has 0 aliphatic carbocycles. The van der Waals surface area contributed by atoms with E-state index < -0.39 is 16.0 Å². The third-order valence-electron chi connectivity index (χ3n) is 3.57. The number of hydrogen-bond donors (Lipinski definition) is 1. The maximum Gasteiger partial charge on any atom is 0.303 e. The highest BCUT2D eigenvalue weighted by molar-refractivity contribution is 7.89. The van der Waals surface area contributed by atoms with Gasteiger partial charge in [0, 0.05) is 19.5 Å². The van der Waals surface area contributed by atoms with E-state index in [1.54, 1.807) is 0 Å². The molecule has 21 heavy (non-hydrogen) atoms. The molecule has 0 atom stereocenters. The number of aliphatic carboxylic acids is 1. The van der Waals surface area contributed by atoms with Crippen molar-refractivity contribution >= 4 is 39.2 Å². The second-order valence-corrected chi connectivity index (χ2v) is 7.77. The minimum absolute atomic E-state index is 0.0303. The molecule has 0 spiro atoms. The molecule has 1 aliphatic heterocycles. The second kappa shape index (κ2) is 6.52. The van der Waals surface area contributed by atoms with Gasteiger partial charge in [-0.3, -0.25) is 4.79 Å². The van der Waals surface area contributed by atoms with Crippen LogP contribution in [0.25, 0.3) is 0 Å². The Morgan fingerprint density at radius 2 is 1.86 bits per heavy atom. The van der Waals surface area contributed by atoms with Gasteiger partial charge in [-0.2, -0.15) is 4.31 Å². The van der Waals surface area contributed by atoms with Crippen LogP contribution in [0.4, 0.5) is 0 Å². The molecule has 1 N–H and O–H groups in total. The first-order valence-electron chi connectivity index (χ1n) is 6.47. The Hall–Kier alpha value is -0.820. The third kappa shape index (κ3) is 3.88. The summed E-state index contributed by atoms with van der Waals surface area (Å²) in [5, 5.41) is 9.26. The van der Waals surface area contributed by atoms with Crippen molar-refractivity contribution in [2.75, 3.05) is 13.1 Å². The van der Waals surface area contributed by atoms with Crippen LogP contribution < -0.4 is 0 Å². The van der Waals surface area contributed by atoms with Gasteiger partial charge in [0.05, 0.1) is 14.9 Å². The van der Waals surface area contributed by atoms with E-state index in [0.29, 0.717) is 31.0 Å². The summed E-state index contributed by atoms with van der Waals surface area (Å²) in [4.78, 5) is 10.8. The average molecular weight is 352 g/mol. The van der Waals surface area contributed by atoms with Crippen LogP contribution in [-0.4, -0.2) is 36.9 Å². The Morgan fingerprint density at radius 1 is 1.24 bits per heavy atom. The minimum Gasteiger partial charge on any atom is -0.481 e. The lowest BCUT2D eigenvalue weighted by Crippen LogP contribution is -2.38. The van der Waals surface area contributed by atoms with Crippen LogP contribution in [0, 0.1) is 5.92 Å². The number of benzene rings is 1. The number of sulfonamides is 1. The van der Waals surface area contributed by atoms with Gasteiger partial charge in [0.1, 0.15) is 0 Å². The zero-order valence-electron chi connectivity index (χ0n) is 11.1. The Morgan fingerprint density at radius 3 is 2.38 bits per heavy atom. The Bertz CT molecular complexity index is 640. The molecule has 0 amide bonds. The van der Waals surface area contributed by atoms with E-state index in [9.17, 15) is 13.2 Å². The molecule has 1 saturated heterocycles. The molecule has 5 nitrogen and oxygen atoms in total. The minimum atomic E-state index is -3.61. The normalized spacial score (nSPS) is 17.8. The number of rotatable bonds is 4. The summed E-state index contributed by atoms with van der Waals surface area (Å²) in [7, 11) is -3.61. The molecule has 1 heterocycles. The molecule has 116 valence electrons. The number of carboxylic acid groups (broad SMARTS) is 1. The lowest BCUT2D eigenvalue weighted by Gasteiger charge is -2.30. The summed E-state index contributed by atoms with van der Waals surface area (Å²) < 4.78 is 26.3. The van der Waals surface area contributed by atoms with Gasteiger partial charge in [-0.25, -0.2) is 8.42 Å². The van der Waals surface area contributed by atoms with Crippen molar-refractivity contribution in [3.8, 4) is 0 Å². The van der Waals surface area contributed by atoms with Crippen molar-refractivity contribution in [2.24, 2.45) is 5.92 Å². The molecule has 0 aromatic heterocycles. The fourth-order valence-corrected chi connectivity index (χ4v) is 4.25. The van der Waals surface area contributed by atoms with Crippen LogP contribution in [0.2, 0.25) is 10.0 Å². The highest BCUT2D eigenvalue weighted by Crippen LogP contribution is 2.29. The molecule has 0 bridgehead atoms. The highest BCUT2D eigenvalue weighted by atomic mass is 35.5. The van der Waals surface area contributed by atoms with Crippen LogP contribution in [-0.2, 0) is 14.8 Å². The topological polar surface area (TPSA) is 74.7 Å². The quantitative estimate of drug-likeness (QED) is 0.904. The molecule has 1 aliphatic rings. The summed E-state index contributed by atoms with van der Waals surface area (Å²) in [5.74, 6) is -0.816. The predicted molar refractivity (Wildman–Crippen MR) is 80.2 cm³/mol. The van der Waals surface area contributed by atoms with Crippen molar-refractivity contribution in [1.29, 1.82) is 0 Å². The van der Waals surface area contributed by atoms with Gasteiger partial charge in [-0.05, 0) is 37.0 Å². The van der Waals surface area contributed by atoms with Crippen LogP contribution in [0.1, 0.15) is 19.3 Å². The predicted octanol–water partition coefficient (Wildman–Crippen LogP) is 2.87. The van der Waals surface area contributed by atoms with Crippen molar-refractivity contribution < 1.29 is 18.3 Å². The number of nitrogens with zero attached hydrogens (tertiary/aromatic N) is 1. The maximum atomic E-state index is 12.5. The number of halogens is 2. The van der Waals surface area contributed by atoms with Crippen LogP contribution in [0.5, 0.6) is 0 Å². The first kappa shape index (κ1) is 16.5. The first-order chi connectivity index (χ1) is 9.80. The van der Waals surface area contributed by atoms with Crippen molar-refractivity contribution in [3.05, 3.63) is 28.2 Å². The van der Waals surface area contributed by atoms with Crippen molar-refractivity contribution in [2.45, 2.75) is 24.2 Å². The molecule has 1 aromatic rings. The zero-order chi connectivity index (χ0) is 15.6. The van der Waals surface area contributed by atoms with Gasteiger partial charge in [0.15, 0.2) is 0 Å².